The van der Waals surface area contributed by atoms with Crippen LogP contribution in [0.5, 0.6) is 0 Å². The molecule has 0 bridgehead atoms. The summed E-state index contributed by atoms with van der Waals surface area (Å²) < 4.78 is 1.71. The molecule has 0 amide bonds. The quantitative estimate of drug-likeness (QED) is 0.909. The molecule has 0 aliphatic carbocycles. The van der Waals surface area contributed by atoms with Gasteiger partial charge in [-0.15, -0.1) is 0 Å². The molecule has 20 heavy (non-hydrogen) atoms. The number of nitrogens with zero attached hydrogens (tertiary/aromatic N) is 5. The van der Waals surface area contributed by atoms with Crippen LogP contribution < -0.4 is 4.90 Å². The molecule has 0 spiro atoms. The second kappa shape index (κ2) is 5.58. The Morgan fingerprint density at radius 1 is 1.40 bits per heavy atom. The van der Waals surface area contributed by atoms with E-state index in [0.717, 1.165) is 30.9 Å². The molecule has 106 valence electrons. The minimum Gasteiger partial charge on any atom is -0.388 e. The maximum Gasteiger partial charge on any atom is 0.225 e. The highest BCUT2D eigenvalue weighted by Crippen LogP contribution is 2.29. The molecular formula is C14H19N5O. The summed E-state index contributed by atoms with van der Waals surface area (Å²) in [6.07, 6.45) is 9.48. The Morgan fingerprint density at radius 2 is 2.20 bits per heavy atom. The van der Waals surface area contributed by atoms with Gasteiger partial charge in [0.15, 0.2) is 0 Å². The van der Waals surface area contributed by atoms with Gasteiger partial charge in [0.1, 0.15) is 0 Å². The Hall–Kier alpha value is -1.95. The molecule has 6 nitrogen and oxygen atoms in total. The molecule has 2 aromatic rings. The number of aliphatic hydroxyl groups excluding tert-OH is 1. The summed E-state index contributed by atoms with van der Waals surface area (Å²) in [5.41, 5.74) is 0.869. The Balaban J connectivity index is 1.70. The normalized spacial score (nSPS) is 20.3. The van der Waals surface area contributed by atoms with Gasteiger partial charge in [0, 0.05) is 43.8 Å². The first kappa shape index (κ1) is 13.1. The van der Waals surface area contributed by atoms with E-state index in [0.29, 0.717) is 6.42 Å². The number of rotatable bonds is 4. The van der Waals surface area contributed by atoms with Crippen LogP contribution in [0.2, 0.25) is 0 Å². The third kappa shape index (κ3) is 2.65. The maximum absolute atomic E-state index is 10.3. The van der Waals surface area contributed by atoms with E-state index >= 15 is 0 Å². The molecule has 1 fully saturated rings. The number of aromatic nitrogens is 4. The summed E-state index contributed by atoms with van der Waals surface area (Å²) in [6.45, 7) is 0.953. The first-order chi connectivity index (χ1) is 9.74. The molecular weight excluding hydrogens is 254 g/mol. The van der Waals surface area contributed by atoms with Crippen LogP contribution in [0.3, 0.4) is 0 Å². The lowest BCUT2D eigenvalue weighted by Gasteiger charge is -2.26. The maximum atomic E-state index is 10.3. The number of anilines is 1. The molecule has 1 aliphatic heterocycles. The Labute approximate surface area is 118 Å². The van der Waals surface area contributed by atoms with Crippen LogP contribution in [0.4, 0.5) is 5.95 Å². The molecule has 1 aliphatic rings. The fourth-order valence-corrected chi connectivity index (χ4v) is 2.79. The summed E-state index contributed by atoms with van der Waals surface area (Å²) in [7, 11) is 1.86. The molecule has 6 heteroatoms. The van der Waals surface area contributed by atoms with Gasteiger partial charge in [0.05, 0.1) is 12.3 Å². The van der Waals surface area contributed by atoms with Crippen molar-refractivity contribution in [3.8, 4) is 0 Å². The van der Waals surface area contributed by atoms with Crippen molar-refractivity contribution in [3.63, 3.8) is 0 Å². The molecule has 1 saturated heterocycles. The minimum atomic E-state index is -0.488. The average Bonchev–Trinajstić information content (AvgIpc) is 3.09. The van der Waals surface area contributed by atoms with Crippen LogP contribution in [0, 0.1) is 0 Å². The Morgan fingerprint density at radius 3 is 2.90 bits per heavy atom. The van der Waals surface area contributed by atoms with Crippen LogP contribution in [-0.4, -0.2) is 37.4 Å². The van der Waals surface area contributed by atoms with Gasteiger partial charge in [0.2, 0.25) is 5.95 Å². The van der Waals surface area contributed by atoms with Gasteiger partial charge in [-0.25, -0.2) is 9.97 Å². The third-order valence-corrected chi connectivity index (χ3v) is 3.79. The predicted molar refractivity (Wildman–Crippen MR) is 75.2 cm³/mol. The van der Waals surface area contributed by atoms with E-state index in [2.05, 4.69) is 20.0 Å². The van der Waals surface area contributed by atoms with Crippen molar-refractivity contribution in [2.75, 3.05) is 11.4 Å². The monoisotopic (exact) mass is 273 g/mol. The van der Waals surface area contributed by atoms with Gasteiger partial charge < -0.3 is 10.0 Å². The van der Waals surface area contributed by atoms with Crippen LogP contribution in [0.1, 0.15) is 30.9 Å². The van der Waals surface area contributed by atoms with Crippen LogP contribution in [0.15, 0.2) is 30.9 Å². The number of aryl methyl sites for hydroxylation is 1. The first-order valence-corrected chi connectivity index (χ1v) is 6.94. The van der Waals surface area contributed by atoms with Crippen molar-refractivity contribution in [2.24, 2.45) is 7.05 Å². The topological polar surface area (TPSA) is 67.1 Å². The van der Waals surface area contributed by atoms with Gasteiger partial charge in [-0.3, -0.25) is 4.68 Å². The molecule has 2 atom stereocenters. The summed E-state index contributed by atoms with van der Waals surface area (Å²) >= 11 is 0. The van der Waals surface area contributed by atoms with E-state index < -0.39 is 6.10 Å². The van der Waals surface area contributed by atoms with Crippen LogP contribution in [0.25, 0.3) is 0 Å². The van der Waals surface area contributed by atoms with Gasteiger partial charge in [-0.1, -0.05) is 0 Å². The van der Waals surface area contributed by atoms with E-state index in [-0.39, 0.29) is 6.04 Å². The second-order valence-electron chi connectivity index (χ2n) is 5.24. The fourth-order valence-electron chi connectivity index (χ4n) is 2.79. The molecule has 0 radical (unpaired) electrons. The lowest BCUT2D eigenvalue weighted by Crippen LogP contribution is -2.32. The fraction of sp³-hybridized carbons (Fsp3) is 0.500. The molecule has 0 saturated carbocycles. The highest BCUT2D eigenvalue weighted by atomic mass is 16.3. The van der Waals surface area contributed by atoms with E-state index in [1.54, 1.807) is 23.3 Å². The average molecular weight is 273 g/mol. The van der Waals surface area contributed by atoms with E-state index in [9.17, 15) is 5.11 Å². The summed E-state index contributed by atoms with van der Waals surface area (Å²) in [5.74, 6) is 0.758. The molecule has 1 N–H and O–H groups in total. The smallest absolute Gasteiger partial charge is 0.225 e. The molecule has 2 unspecified atom stereocenters. The molecule has 3 rings (SSSR count). The van der Waals surface area contributed by atoms with Gasteiger partial charge >= 0.3 is 0 Å². The highest BCUT2D eigenvalue weighted by Gasteiger charge is 2.29. The van der Waals surface area contributed by atoms with Crippen molar-refractivity contribution in [3.05, 3.63) is 36.4 Å². The minimum absolute atomic E-state index is 0.285. The zero-order valence-electron chi connectivity index (χ0n) is 11.6. The van der Waals surface area contributed by atoms with Gasteiger partial charge in [-0.2, -0.15) is 5.10 Å². The van der Waals surface area contributed by atoms with Crippen molar-refractivity contribution >= 4 is 5.95 Å². The van der Waals surface area contributed by atoms with Crippen LogP contribution in [-0.2, 0) is 7.05 Å². The highest BCUT2D eigenvalue weighted by molar-refractivity contribution is 5.32. The predicted octanol–water partition coefficient (Wildman–Crippen LogP) is 1.30. The number of aliphatic hydroxyl groups is 1. The Bertz CT molecular complexity index is 556. The second-order valence-corrected chi connectivity index (χ2v) is 5.24. The standard InChI is InChI=1S/C14H19N5O/c1-18-10-11(9-17-18)13(20)8-12-4-2-7-19(12)14-15-5-3-6-16-14/h3,5-6,9-10,12-13,20H,2,4,7-8H2,1H3. The first-order valence-electron chi connectivity index (χ1n) is 6.94. The summed E-state index contributed by atoms with van der Waals surface area (Å²) in [6, 6.07) is 2.10. The Kier molecular flexibility index (Phi) is 3.64. The van der Waals surface area contributed by atoms with E-state index in [1.165, 1.54) is 0 Å². The molecule has 3 heterocycles. The van der Waals surface area contributed by atoms with Gasteiger partial charge in [-0.05, 0) is 25.3 Å². The van der Waals surface area contributed by atoms with Crippen molar-refractivity contribution in [2.45, 2.75) is 31.4 Å². The summed E-state index contributed by atoms with van der Waals surface area (Å²) in [4.78, 5) is 10.8. The molecule has 0 aromatic carbocycles. The molecule has 2 aromatic heterocycles. The lowest BCUT2D eigenvalue weighted by molar-refractivity contribution is 0.158. The van der Waals surface area contributed by atoms with E-state index in [1.807, 2.05) is 19.3 Å². The van der Waals surface area contributed by atoms with Crippen molar-refractivity contribution < 1.29 is 5.11 Å². The van der Waals surface area contributed by atoms with Crippen molar-refractivity contribution in [1.29, 1.82) is 0 Å². The zero-order chi connectivity index (χ0) is 13.9. The summed E-state index contributed by atoms with van der Waals surface area (Å²) in [5, 5.41) is 14.4. The largest absolute Gasteiger partial charge is 0.388 e. The SMILES string of the molecule is Cn1cc(C(O)CC2CCCN2c2ncccn2)cn1. The van der Waals surface area contributed by atoms with Gasteiger partial charge in [0.25, 0.3) is 0 Å². The third-order valence-electron chi connectivity index (χ3n) is 3.79. The van der Waals surface area contributed by atoms with Crippen molar-refractivity contribution in [1.82, 2.24) is 19.7 Å². The number of hydrogen-bond acceptors (Lipinski definition) is 5. The van der Waals surface area contributed by atoms with Crippen LogP contribution >= 0.6 is 0 Å². The lowest BCUT2D eigenvalue weighted by atomic mass is 10.0. The van der Waals surface area contributed by atoms with E-state index in [4.69, 9.17) is 0 Å². The number of hydrogen-bond donors (Lipinski definition) is 1. The zero-order valence-corrected chi connectivity index (χ0v) is 11.6.